The molecule has 0 aliphatic rings. The molecule has 0 unspecified atom stereocenters. The van der Waals surface area contributed by atoms with E-state index in [0.29, 0.717) is 5.69 Å². The van der Waals surface area contributed by atoms with Crippen molar-refractivity contribution in [1.29, 1.82) is 0 Å². The van der Waals surface area contributed by atoms with E-state index in [4.69, 9.17) is 5.11 Å². The predicted molar refractivity (Wildman–Crippen MR) is 111 cm³/mol. The SMILES string of the molecule is Cc1ccc(NC(=O)c2ccccc2NS(=O)(=O)c2ccc(O)c(C(=O)O)c2)cc1. The number of phenols is 1. The number of carbonyl (C=O) groups is 2. The zero-order valence-corrected chi connectivity index (χ0v) is 16.6. The lowest BCUT2D eigenvalue weighted by Crippen LogP contribution is -2.19. The number of amides is 1. The number of hydrogen-bond acceptors (Lipinski definition) is 5. The first-order valence-corrected chi connectivity index (χ1v) is 10.2. The van der Waals surface area contributed by atoms with E-state index in [1.807, 2.05) is 19.1 Å². The van der Waals surface area contributed by atoms with Gasteiger partial charge in [-0.3, -0.25) is 9.52 Å². The van der Waals surface area contributed by atoms with Crippen LogP contribution in [0.5, 0.6) is 5.75 Å². The maximum Gasteiger partial charge on any atom is 0.339 e. The average Bonchev–Trinajstić information content (AvgIpc) is 2.69. The Bertz CT molecular complexity index is 1220. The Morgan fingerprint density at radius 3 is 2.23 bits per heavy atom. The molecular weight excluding hydrogens is 408 g/mol. The lowest BCUT2D eigenvalue weighted by atomic mass is 10.1. The molecule has 0 bridgehead atoms. The van der Waals surface area contributed by atoms with Crippen LogP contribution in [0.3, 0.4) is 0 Å². The van der Waals surface area contributed by atoms with Gasteiger partial charge in [0.1, 0.15) is 11.3 Å². The Hall–Kier alpha value is -3.85. The van der Waals surface area contributed by atoms with E-state index in [1.165, 1.54) is 12.1 Å². The highest BCUT2D eigenvalue weighted by Crippen LogP contribution is 2.25. The molecule has 3 aromatic carbocycles. The number of aromatic carboxylic acids is 1. The minimum atomic E-state index is -4.23. The van der Waals surface area contributed by atoms with E-state index < -0.39 is 33.2 Å². The van der Waals surface area contributed by atoms with Crippen molar-refractivity contribution >= 4 is 33.3 Å². The summed E-state index contributed by atoms with van der Waals surface area (Å²) in [5.74, 6) is -2.55. The first-order valence-electron chi connectivity index (χ1n) is 8.73. The highest BCUT2D eigenvalue weighted by Gasteiger charge is 2.21. The number of anilines is 2. The van der Waals surface area contributed by atoms with Gasteiger partial charge in [-0.1, -0.05) is 29.8 Å². The monoisotopic (exact) mass is 426 g/mol. The van der Waals surface area contributed by atoms with Gasteiger partial charge >= 0.3 is 5.97 Å². The number of carboxylic acids is 1. The van der Waals surface area contributed by atoms with Gasteiger partial charge in [-0.2, -0.15) is 0 Å². The third-order valence-electron chi connectivity index (χ3n) is 4.23. The Morgan fingerprint density at radius 1 is 0.900 bits per heavy atom. The summed E-state index contributed by atoms with van der Waals surface area (Å²) in [6.07, 6.45) is 0. The normalized spacial score (nSPS) is 11.0. The molecule has 0 atom stereocenters. The van der Waals surface area contributed by atoms with Gasteiger partial charge in [0, 0.05) is 5.69 Å². The number of rotatable bonds is 6. The average molecular weight is 426 g/mol. The fourth-order valence-corrected chi connectivity index (χ4v) is 3.77. The second kappa shape index (κ2) is 8.26. The molecule has 154 valence electrons. The van der Waals surface area contributed by atoms with Crippen molar-refractivity contribution in [2.45, 2.75) is 11.8 Å². The molecule has 9 heteroatoms. The molecule has 0 aromatic heterocycles. The maximum absolute atomic E-state index is 12.7. The lowest BCUT2D eigenvalue weighted by molar-refractivity contribution is 0.0693. The van der Waals surface area contributed by atoms with Gasteiger partial charge in [0.2, 0.25) is 0 Å². The zero-order valence-electron chi connectivity index (χ0n) is 15.8. The molecule has 0 saturated carbocycles. The Labute approximate surface area is 172 Å². The van der Waals surface area contributed by atoms with E-state index >= 15 is 0 Å². The summed E-state index contributed by atoms with van der Waals surface area (Å²) >= 11 is 0. The van der Waals surface area contributed by atoms with Crippen molar-refractivity contribution in [3.05, 3.63) is 83.4 Å². The third-order valence-corrected chi connectivity index (χ3v) is 5.60. The number of nitrogens with one attached hydrogen (secondary N) is 2. The summed E-state index contributed by atoms with van der Waals surface area (Å²) in [6, 6.07) is 16.0. The van der Waals surface area contributed by atoms with Gasteiger partial charge in [0.05, 0.1) is 16.1 Å². The van der Waals surface area contributed by atoms with Crippen LogP contribution in [0.15, 0.2) is 71.6 Å². The molecule has 0 aliphatic carbocycles. The topological polar surface area (TPSA) is 133 Å². The molecule has 3 aromatic rings. The van der Waals surface area contributed by atoms with Crippen LogP contribution in [-0.2, 0) is 10.0 Å². The molecule has 4 N–H and O–H groups in total. The molecule has 0 fully saturated rings. The minimum Gasteiger partial charge on any atom is -0.507 e. The van der Waals surface area contributed by atoms with Crippen LogP contribution in [0.1, 0.15) is 26.3 Å². The van der Waals surface area contributed by atoms with Crippen LogP contribution in [0.25, 0.3) is 0 Å². The summed E-state index contributed by atoms with van der Waals surface area (Å²) in [4.78, 5) is 23.5. The summed E-state index contributed by atoms with van der Waals surface area (Å²) < 4.78 is 27.8. The standard InChI is InChI=1S/C21H18N2O6S/c1-13-6-8-14(9-7-13)22-20(25)16-4-2-3-5-18(16)23-30(28,29)15-10-11-19(24)17(12-15)21(26)27/h2-12,23-24H,1H3,(H,22,25)(H,26,27). The lowest BCUT2D eigenvalue weighted by Gasteiger charge is -2.13. The maximum atomic E-state index is 12.7. The van der Waals surface area contributed by atoms with E-state index in [-0.39, 0.29) is 16.1 Å². The van der Waals surface area contributed by atoms with Crippen LogP contribution < -0.4 is 10.0 Å². The Kier molecular flexibility index (Phi) is 5.74. The van der Waals surface area contributed by atoms with E-state index in [0.717, 1.165) is 23.8 Å². The fraction of sp³-hybridized carbons (Fsp3) is 0.0476. The number of carbonyl (C=O) groups excluding carboxylic acids is 1. The largest absolute Gasteiger partial charge is 0.507 e. The van der Waals surface area contributed by atoms with Crippen LogP contribution in [-0.4, -0.2) is 30.5 Å². The molecule has 8 nitrogen and oxygen atoms in total. The number of carboxylic acid groups (broad SMARTS) is 1. The third kappa shape index (κ3) is 4.58. The minimum absolute atomic E-state index is 0.0204. The van der Waals surface area contributed by atoms with Gasteiger partial charge in [0.15, 0.2) is 0 Å². The second-order valence-electron chi connectivity index (χ2n) is 6.46. The smallest absolute Gasteiger partial charge is 0.339 e. The van der Waals surface area contributed by atoms with Crippen molar-refractivity contribution in [3.63, 3.8) is 0 Å². The molecule has 0 saturated heterocycles. The molecular formula is C21H18N2O6S. The van der Waals surface area contributed by atoms with Gasteiger partial charge in [-0.25, -0.2) is 13.2 Å². The summed E-state index contributed by atoms with van der Waals surface area (Å²) in [7, 11) is -4.23. The number of para-hydroxylation sites is 1. The van der Waals surface area contributed by atoms with Crippen LogP contribution in [0.4, 0.5) is 11.4 Å². The fourth-order valence-electron chi connectivity index (χ4n) is 2.66. The number of aryl methyl sites for hydroxylation is 1. The number of sulfonamides is 1. The molecule has 0 heterocycles. The quantitative estimate of drug-likeness (QED) is 0.477. The summed E-state index contributed by atoms with van der Waals surface area (Å²) in [5.41, 5.74) is 1.12. The van der Waals surface area contributed by atoms with Gasteiger partial charge in [0.25, 0.3) is 15.9 Å². The Morgan fingerprint density at radius 2 is 1.57 bits per heavy atom. The summed E-state index contributed by atoms with van der Waals surface area (Å²) in [5, 5.41) is 21.4. The van der Waals surface area contributed by atoms with E-state index in [2.05, 4.69) is 10.0 Å². The first kappa shape index (κ1) is 20.9. The summed E-state index contributed by atoms with van der Waals surface area (Å²) in [6.45, 7) is 1.91. The molecule has 0 aliphatic heterocycles. The molecule has 0 spiro atoms. The van der Waals surface area contributed by atoms with Crippen molar-refractivity contribution in [1.82, 2.24) is 0 Å². The molecule has 30 heavy (non-hydrogen) atoms. The van der Waals surface area contributed by atoms with Crippen molar-refractivity contribution in [2.24, 2.45) is 0 Å². The van der Waals surface area contributed by atoms with Crippen LogP contribution in [0, 0.1) is 6.92 Å². The van der Waals surface area contributed by atoms with E-state index in [1.54, 1.807) is 24.3 Å². The van der Waals surface area contributed by atoms with Crippen molar-refractivity contribution < 1.29 is 28.2 Å². The predicted octanol–water partition coefficient (Wildman–Crippen LogP) is 3.45. The van der Waals surface area contributed by atoms with Crippen molar-refractivity contribution in [2.75, 3.05) is 10.0 Å². The molecule has 1 amide bonds. The Balaban J connectivity index is 1.90. The van der Waals surface area contributed by atoms with Crippen LogP contribution >= 0.6 is 0 Å². The number of aromatic hydroxyl groups is 1. The zero-order chi connectivity index (χ0) is 21.9. The number of benzene rings is 3. The van der Waals surface area contributed by atoms with Gasteiger partial charge < -0.3 is 15.5 Å². The van der Waals surface area contributed by atoms with Gasteiger partial charge in [-0.05, 0) is 49.4 Å². The first-order chi connectivity index (χ1) is 14.2. The van der Waals surface area contributed by atoms with Gasteiger partial charge in [-0.15, -0.1) is 0 Å². The van der Waals surface area contributed by atoms with Crippen molar-refractivity contribution in [3.8, 4) is 5.75 Å². The highest BCUT2D eigenvalue weighted by molar-refractivity contribution is 7.92. The second-order valence-corrected chi connectivity index (χ2v) is 8.14. The van der Waals surface area contributed by atoms with Crippen LogP contribution in [0.2, 0.25) is 0 Å². The highest BCUT2D eigenvalue weighted by atomic mass is 32.2. The van der Waals surface area contributed by atoms with E-state index in [9.17, 15) is 23.1 Å². The molecule has 0 radical (unpaired) electrons. The molecule has 3 rings (SSSR count). The number of hydrogen-bond donors (Lipinski definition) is 4.